The molecule has 4 rings (SSSR count). The van der Waals surface area contributed by atoms with Gasteiger partial charge in [-0.25, -0.2) is 4.79 Å². The maximum atomic E-state index is 13.1. The minimum Gasteiger partial charge on any atom is -0.480 e. The molecule has 7 nitrogen and oxygen atoms in total. The van der Waals surface area contributed by atoms with E-state index in [9.17, 15) is 19.5 Å². The van der Waals surface area contributed by atoms with Gasteiger partial charge in [-0.1, -0.05) is 74.2 Å². The van der Waals surface area contributed by atoms with Crippen molar-refractivity contribution in [3.63, 3.8) is 0 Å². The third kappa shape index (κ3) is 5.84. The average molecular weight is 479 g/mol. The zero-order valence-electron chi connectivity index (χ0n) is 20.2. The number of likely N-dealkylation sites (N-methyl/N-ethyl adjacent to an activating group) is 1. The molecule has 0 bridgehead atoms. The molecule has 0 heterocycles. The van der Waals surface area contributed by atoms with Crippen molar-refractivity contribution in [2.45, 2.75) is 44.9 Å². The average Bonchev–Trinajstić information content (AvgIpc) is 3.49. The van der Waals surface area contributed by atoms with E-state index in [2.05, 4.69) is 29.6 Å². The van der Waals surface area contributed by atoms with Crippen LogP contribution in [0, 0.1) is 11.8 Å². The van der Waals surface area contributed by atoms with Crippen LogP contribution in [-0.4, -0.2) is 54.2 Å². The van der Waals surface area contributed by atoms with Crippen LogP contribution in [0.25, 0.3) is 11.1 Å². The second-order valence-corrected chi connectivity index (χ2v) is 9.54. The quantitative estimate of drug-likeness (QED) is 0.518. The zero-order chi connectivity index (χ0) is 24.8. The smallest absolute Gasteiger partial charge is 0.407 e. The third-order valence-electron chi connectivity index (χ3n) is 7.30. The molecule has 35 heavy (non-hydrogen) atoms. The van der Waals surface area contributed by atoms with Crippen LogP contribution in [0.2, 0.25) is 0 Å². The Bertz CT molecular complexity index is 1020. The first-order chi connectivity index (χ1) is 17.0. The molecule has 7 heteroatoms. The Labute approximate surface area is 206 Å². The highest BCUT2D eigenvalue weighted by Gasteiger charge is 2.31. The van der Waals surface area contributed by atoms with E-state index in [1.54, 1.807) is 6.92 Å². The van der Waals surface area contributed by atoms with Gasteiger partial charge in [0.25, 0.3) is 0 Å². The lowest BCUT2D eigenvalue weighted by molar-refractivity contribution is -0.146. The number of amides is 2. The Balaban J connectivity index is 1.38. The summed E-state index contributed by atoms with van der Waals surface area (Å²) in [4.78, 5) is 38.3. The highest BCUT2D eigenvalue weighted by atomic mass is 16.5. The van der Waals surface area contributed by atoms with Crippen LogP contribution < -0.4 is 5.32 Å². The minimum atomic E-state index is -1.04. The van der Waals surface area contributed by atoms with Gasteiger partial charge >= 0.3 is 12.1 Å². The van der Waals surface area contributed by atoms with Gasteiger partial charge in [0.1, 0.15) is 13.2 Å². The maximum Gasteiger partial charge on any atom is 0.407 e. The van der Waals surface area contributed by atoms with E-state index in [4.69, 9.17) is 4.74 Å². The topological polar surface area (TPSA) is 95.9 Å². The van der Waals surface area contributed by atoms with E-state index < -0.39 is 18.0 Å². The fraction of sp³-hybridized carbons (Fsp3) is 0.464. The third-order valence-corrected chi connectivity index (χ3v) is 7.30. The SMILES string of the molecule is CCN(CC(=O)O)C(=O)C(CNC(=O)OCC1c2ccccc2-c2ccccc21)CC1CCCC1. The van der Waals surface area contributed by atoms with Gasteiger partial charge in [-0.15, -0.1) is 0 Å². The molecule has 0 saturated heterocycles. The summed E-state index contributed by atoms with van der Waals surface area (Å²) in [6, 6.07) is 16.3. The van der Waals surface area contributed by atoms with Gasteiger partial charge in [-0.2, -0.15) is 0 Å². The number of carbonyl (C=O) groups is 3. The van der Waals surface area contributed by atoms with Crippen LogP contribution in [0.1, 0.15) is 56.1 Å². The molecule has 0 aromatic heterocycles. The number of benzene rings is 2. The first-order valence-corrected chi connectivity index (χ1v) is 12.6. The fourth-order valence-corrected chi connectivity index (χ4v) is 5.54. The van der Waals surface area contributed by atoms with E-state index in [-0.39, 0.29) is 31.5 Å². The van der Waals surface area contributed by atoms with Crippen LogP contribution in [0.15, 0.2) is 48.5 Å². The monoisotopic (exact) mass is 478 g/mol. The van der Waals surface area contributed by atoms with Crippen LogP contribution in [0.3, 0.4) is 0 Å². The minimum absolute atomic E-state index is 0.0322. The lowest BCUT2D eigenvalue weighted by Crippen LogP contribution is -2.44. The summed E-state index contributed by atoms with van der Waals surface area (Å²) in [6.45, 7) is 2.11. The number of carboxylic acid groups (broad SMARTS) is 1. The van der Waals surface area contributed by atoms with Gasteiger partial charge in [0.15, 0.2) is 0 Å². The standard InChI is InChI=1S/C28H34N2O5/c1-2-30(17-26(31)32)27(33)20(15-19-9-3-4-10-19)16-29-28(34)35-18-25-23-13-7-5-11-21(23)22-12-6-8-14-24(22)25/h5-8,11-14,19-20,25H,2-4,9-10,15-18H2,1H3,(H,29,34)(H,31,32). The van der Waals surface area contributed by atoms with Gasteiger partial charge < -0.3 is 20.1 Å². The van der Waals surface area contributed by atoms with E-state index in [0.717, 1.165) is 47.9 Å². The summed E-state index contributed by atoms with van der Waals surface area (Å²) in [6.07, 6.45) is 4.53. The number of fused-ring (bicyclic) bond motifs is 3. The van der Waals surface area contributed by atoms with Crippen molar-refractivity contribution in [2.24, 2.45) is 11.8 Å². The predicted octanol–water partition coefficient (Wildman–Crippen LogP) is 4.65. The first-order valence-electron chi connectivity index (χ1n) is 12.6. The molecule has 1 fully saturated rings. The Morgan fingerprint density at radius 2 is 1.63 bits per heavy atom. The molecule has 0 aliphatic heterocycles. The van der Waals surface area contributed by atoms with Gasteiger partial charge in [0, 0.05) is 19.0 Å². The number of rotatable bonds is 10. The largest absolute Gasteiger partial charge is 0.480 e. The molecule has 2 aliphatic carbocycles. The molecule has 2 aromatic carbocycles. The molecule has 1 atom stereocenters. The lowest BCUT2D eigenvalue weighted by Gasteiger charge is -2.27. The molecule has 0 radical (unpaired) electrons. The molecule has 2 amide bonds. The summed E-state index contributed by atoms with van der Waals surface area (Å²) in [5, 5.41) is 12.0. The highest BCUT2D eigenvalue weighted by molar-refractivity contribution is 5.84. The lowest BCUT2D eigenvalue weighted by atomic mass is 9.92. The van der Waals surface area contributed by atoms with Gasteiger partial charge in [-0.05, 0) is 41.5 Å². The number of aliphatic carboxylic acids is 1. The Morgan fingerprint density at radius 1 is 1.03 bits per heavy atom. The zero-order valence-corrected chi connectivity index (χ0v) is 20.2. The molecule has 1 saturated carbocycles. The molecular weight excluding hydrogens is 444 g/mol. The van der Waals surface area contributed by atoms with Gasteiger partial charge in [0.05, 0.1) is 5.92 Å². The Morgan fingerprint density at radius 3 is 2.20 bits per heavy atom. The molecule has 2 aromatic rings. The number of hydrogen-bond donors (Lipinski definition) is 2. The van der Waals surface area contributed by atoms with E-state index in [1.165, 1.54) is 4.90 Å². The van der Waals surface area contributed by atoms with E-state index in [1.807, 2.05) is 24.3 Å². The number of alkyl carbamates (subject to hydrolysis) is 1. The fourth-order valence-electron chi connectivity index (χ4n) is 5.54. The summed E-state index contributed by atoms with van der Waals surface area (Å²) in [5.41, 5.74) is 4.61. The summed E-state index contributed by atoms with van der Waals surface area (Å²) < 4.78 is 5.62. The van der Waals surface area contributed by atoms with Crippen molar-refractivity contribution in [3.05, 3.63) is 59.7 Å². The molecule has 186 valence electrons. The van der Waals surface area contributed by atoms with Crippen molar-refractivity contribution in [1.29, 1.82) is 0 Å². The maximum absolute atomic E-state index is 13.1. The molecule has 0 spiro atoms. The number of nitrogens with zero attached hydrogens (tertiary/aromatic N) is 1. The summed E-state index contributed by atoms with van der Waals surface area (Å²) in [7, 11) is 0. The molecule has 2 N–H and O–H groups in total. The van der Waals surface area contributed by atoms with Gasteiger partial charge in [-0.3, -0.25) is 9.59 Å². The molecular formula is C28H34N2O5. The second kappa shape index (κ2) is 11.4. The summed E-state index contributed by atoms with van der Waals surface area (Å²) >= 11 is 0. The summed E-state index contributed by atoms with van der Waals surface area (Å²) in [5.74, 6) is -1.32. The molecule has 1 unspecified atom stereocenters. The Kier molecular flexibility index (Phi) is 8.06. The highest BCUT2D eigenvalue weighted by Crippen LogP contribution is 2.44. The van der Waals surface area contributed by atoms with Crippen molar-refractivity contribution in [3.8, 4) is 11.1 Å². The van der Waals surface area contributed by atoms with Crippen molar-refractivity contribution in [2.75, 3.05) is 26.2 Å². The van der Waals surface area contributed by atoms with Crippen molar-refractivity contribution in [1.82, 2.24) is 10.2 Å². The number of carbonyl (C=O) groups excluding carboxylic acids is 2. The predicted molar refractivity (Wildman–Crippen MR) is 133 cm³/mol. The number of carboxylic acids is 1. The normalized spacial score (nSPS) is 15.8. The first kappa shape index (κ1) is 24.8. The van der Waals surface area contributed by atoms with Gasteiger partial charge in [0.2, 0.25) is 5.91 Å². The van der Waals surface area contributed by atoms with Crippen LogP contribution in [0.5, 0.6) is 0 Å². The second-order valence-electron chi connectivity index (χ2n) is 9.54. The number of nitrogens with one attached hydrogen (secondary N) is 1. The van der Waals surface area contributed by atoms with Crippen LogP contribution >= 0.6 is 0 Å². The molecule has 2 aliphatic rings. The van der Waals surface area contributed by atoms with Crippen molar-refractivity contribution >= 4 is 18.0 Å². The van der Waals surface area contributed by atoms with E-state index >= 15 is 0 Å². The Hall–Kier alpha value is -3.35. The number of hydrogen-bond acceptors (Lipinski definition) is 4. The number of ether oxygens (including phenoxy) is 1. The van der Waals surface area contributed by atoms with E-state index in [0.29, 0.717) is 18.9 Å². The van der Waals surface area contributed by atoms with Crippen LogP contribution in [-0.2, 0) is 14.3 Å². The van der Waals surface area contributed by atoms with Crippen molar-refractivity contribution < 1.29 is 24.2 Å². The van der Waals surface area contributed by atoms with Crippen LogP contribution in [0.4, 0.5) is 4.79 Å².